The van der Waals surface area contributed by atoms with E-state index in [4.69, 9.17) is 9.41 Å². The minimum atomic E-state index is 0.229. The van der Waals surface area contributed by atoms with Crippen LogP contribution in [0.1, 0.15) is 49.1 Å². The zero-order chi connectivity index (χ0) is 21.2. The Hall–Kier alpha value is -2.31. The largest absolute Gasteiger partial charge is 0.468 e. The number of aliphatic imine (C=N–C) groups is 1. The smallest absolute Gasteiger partial charge is 0.191 e. The molecule has 1 fully saturated rings. The molecule has 1 atom stereocenters. The van der Waals surface area contributed by atoms with Crippen LogP contribution < -0.4 is 10.6 Å². The molecule has 0 radical (unpaired) electrons. The quantitative estimate of drug-likeness (QED) is 0.488. The number of guanidine groups is 1. The van der Waals surface area contributed by atoms with E-state index in [9.17, 15) is 0 Å². The summed E-state index contributed by atoms with van der Waals surface area (Å²) in [5, 5.41) is 6.94. The third kappa shape index (κ3) is 6.89. The predicted octanol–water partition coefficient (Wildman–Crippen LogP) is 3.62. The van der Waals surface area contributed by atoms with Gasteiger partial charge in [-0.15, -0.1) is 0 Å². The van der Waals surface area contributed by atoms with Crippen LogP contribution in [0.4, 0.5) is 0 Å². The summed E-state index contributed by atoms with van der Waals surface area (Å²) in [7, 11) is 4.19. The normalized spacial score (nSPS) is 16.6. The van der Waals surface area contributed by atoms with Gasteiger partial charge in [0.15, 0.2) is 5.96 Å². The van der Waals surface area contributed by atoms with Gasteiger partial charge >= 0.3 is 0 Å². The molecule has 1 unspecified atom stereocenters. The van der Waals surface area contributed by atoms with Gasteiger partial charge in [-0.1, -0.05) is 30.7 Å². The Morgan fingerprint density at radius 2 is 1.90 bits per heavy atom. The molecule has 2 heterocycles. The van der Waals surface area contributed by atoms with Crippen molar-refractivity contribution in [1.29, 1.82) is 0 Å². The maximum absolute atomic E-state index is 5.77. The van der Waals surface area contributed by atoms with Gasteiger partial charge in [0.25, 0.3) is 0 Å². The number of likely N-dealkylation sites (tertiary alicyclic amines) is 1. The Morgan fingerprint density at radius 1 is 1.10 bits per heavy atom. The maximum atomic E-state index is 5.77. The fraction of sp³-hybridized carbons (Fsp3) is 0.542. The number of furan rings is 1. The van der Waals surface area contributed by atoms with Gasteiger partial charge < -0.3 is 20.0 Å². The summed E-state index contributed by atoms with van der Waals surface area (Å²) in [5.74, 6) is 1.88. The molecule has 0 bridgehead atoms. The highest BCUT2D eigenvalue weighted by molar-refractivity contribution is 5.79. The highest BCUT2D eigenvalue weighted by Crippen LogP contribution is 2.24. The number of nitrogens with one attached hydrogen (secondary N) is 2. The Morgan fingerprint density at radius 3 is 2.60 bits per heavy atom. The lowest BCUT2D eigenvalue weighted by molar-refractivity contribution is 0.146. The first kappa shape index (κ1) is 22.4. The summed E-state index contributed by atoms with van der Waals surface area (Å²) in [4.78, 5) is 9.55. The van der Waals surface area contributed by atoms with Crippen LogP contribution in [0.3, 0.4) is 0 Å². The number of rotatable bonds is 9. The molecule has 0 aliphatic carbocycles. The number of hydrogen-bond donors (Lipinski definition) is 2. The molecule has 6 nitrogen and oxygen atoms in total. The first-order valence-corrected chi connectivity index (χ1v) is 11.2. The second-order valence-corrected chi connectivity index (χ2v) is 8.26. The van der Waals surface area contributed by atoms with Crippen molar-refractivity contribution in [2.24, 2.45) is 4.99 Å². The van der Waals surface area contributed by atoms with E-state index >= 15 is 0 Å². The van der Waals surface area contributed by atoms with Gasteiger partial charge in [-0.3, -0.25) is 4.90 Å². The molecule has 1 aliphatic heterocycles. The van der Waals surface area contributed by atoms with Crippen LogP contribution in [-0.2, 0) is 13.1 Å². The molecular weight excluding hydrogens is 374 g/mol. The molecule has 1 saturated heterocycles. The standard InChI is InChI=1S/C24H37N5O/c1-4-25-24(26-17-20-10-8-11-21(16-20)19-28(2)3)27-18-22(23-12-9-15-30-23)29-13-6-5-7-14-29/h8-12,15-16,22H,4-7,13-14,17-19H2,1-3H3,(H2,25,26,27). The van der Waals surface area contributed by atoms with Gasteiger partial charge in [0.2, 0.25) is 0 Å². The van der Waals surface area contributed by atoms with E-state index < -0.39 is 0 Å². The summed E-state index contributed by atoms with van der Waals surface area (Å²) in [6, 6.07) is 13.0. The van der Waals surface area contributed by atoms with Crippen LogP contribution in [0.15, 0.2) is 52.1 Å². The average Bonchev–Trinajstić information content (AvgIpc) is 3.27. The Labute approximate surface area is 181 Å². The van der Waals surface area contributed by atoms with Gasteiger partial charge in [0, 0.05) is 19.6 Å². The van der Waals surface area contributed by atoms with Gasteiger partial charge in [-0.2, -0.15) is 0 Å². The molecule has 0 amide bonds. The van der Waals surface area contributed by atoms with Gasteiger partial charge in [-0.05, 0) is 70.2 Å². The van der Waals surface area contributed by atoms with Crippen molar-refractivity contribution in [3.05, 3.63) is 59.5 Å². The highest BCUT2D eigenvalue weighted by atomic mass is 16.3. The molecule has 2 N–H and O–H groups in total. The molecule has 1 aromatic carbocycles. The molecule has 2 aromatic rings. The summed E-state index contributed by atoms with van der Waals surface area (Å²) in [5.41, 5.74) is 2.54. The molecule has 1 aliphatic rings. The molecule has 6 heteroatoms. The number of piperidine rings is 1. The number of hydrogen-bond acceptors (Lipinski definition) is 4. The van der Waals surface area contributed by atoms with Gasteiger partial charge in [0.05, 0.1) is 18.8 Å². The van der Waals surface area contributed by atoms with Crippen LogP contribution in [-0.4, -0.2) is 56.0 Å². The van der Waals surface area contributed by atoms with E-state index in [0.29, 0.717) is 6.54 Å². The third-order valence-electron chi connectivity index (χ3n) is 5.42. The molecule has 164 valence electrons. The lowest BCUT2D eigenvalue weighted by atomic mass is 10.1. The van der Waals surface area contributed by atoms with Crippen molar-refractivity contribution < 1.29 is 4.42 Å². The zero-order valence-electron chi connectivity index (χ0n) is 18.7. The molecule has 30 heavy (non-hydrogen) atoms. The van der Waals surface area contributed by atoms with Gasteiger partial charge in [-0.25, -0.2) is 4.99 Å². The Kier molecular flexibility index (Phi) is 8.78. The lowest BCUT2D eigenvalue weighted by Gasteiger charge is -2.33. The first-order chi connectivity index (χ1) is 14.7. The lowest BCUT2D eigenvalue weighted by Crippen LogP contribution is -2.44. The zero-order valence-corrected chi connectivity index (χ0v) is 18.7. The van der Waals surface area contributed by atoms with Crippen molar-refractivity contribution in [3.63, 3.8) is 0 Å². The SMILES string of the molecule is CCNC(=NCc1cccc(CN(C)C)c1)NCC(c1ccco1)N1CCCCC1. The monoisotopic (exact) mass is 411 g/mol. The highest BCUT2D eigenvalue weighted by Gasteiger charge is 2.24. The summed E-state index contributed by atoms with van der Waals surface area (Å²) in [6.07, 6.45) is 5.61. The Balaban J connectivity index is 1.64. The van der Waals surface area contributed by atoms with Crippen LogP contribution in [0.5, 0.6) is 0 Å². The summed E-state index contributed by atoms with van der Waals surface area (Å²) in [6.45, 7) is 7.56. The fourth-order valence-corrected chi connectivity index (χ4v) is 4.02. The van der Waals surface area contributed by atoms with E-state index in [-0.39, 0.29) is 6.04 Å². The summed E-state index contributed by atoms with van der Waals surface area (Å²) < 4.78 is 5.77. The van der Waals surface area contributed by atoms with Gasteiger partial charge in [0.1, 0.15) is 5.76 Å². The van der Waals surface area contributed by atoms with Crippen LogP contribution in [0.2, 0.25) is 0 Å². The minimum absolute atomic E-state index is 0.229. The van der Waals surface area contributed by atoms with Crippen LogP contribution >= 0.6 is 0 Å². The van der Waals surface area contributed by atoms with Crippen LogP contribution in [0.25, 0.3) is 0 Å². The van der Waals surface area contributed by atoms with Crippen molar-refractivity contribution in [1.82, 2.24) is 20.4 Å². The summed E-state index contributed by atoms with van der Waals surface area (Å²) >= 11 is 0. The van der Waals surface area contributed by atoms with E-state index in [1.54, 1.807) is 6.26 Å². The van der Waals surface area contributed by atoms with E-state index in [1.807, 2.05) is 6.07 Å². The van der Waals surface area contributed by atoms with Crippen molar-refractivity contribution in [2.45, 2.75) is 45.3 Å². The van der Waals surface area contributed by atoms with E-state index in [1.165, 1.54) is 30.4 Å². The third-order valence-corrected chi connectivity index (χ3v) is 5.42. The molecule has 1 aromatic heterocycles. The molecule has 0 spiro atoms. The topological polar surface area (TPSA) is 56.0 Å². The Bertz CT molecular complexity index is 766. The van der Waals surface area contributed by atoms with E-state index in [0.717, 1.165) is 44.4 Å². The molecule has 0 saturated carbocycles. The maximum Gasteiger partial charge on any atom is 0.191 e. The first-order valence-electron chi connectivity index (χ1n) is 11.2. The molecular formula is C24H37N5O. The van der Waals surface area contributed by atoms with Crippen molar-refractivity contribution in [2.75, 3.05) is 40.3 Å². The number of nitrogens with zero attached hydrogens (tertiary/aromatic N) is 3. The fourth-order valence-electron chi connectivity index (χ4n) is 4.02. The number of benzene rings is 1. The van der Waals surface area contributed by atoms with E-state index in [2.05, 4.69) is 71.8 Å². The van der Waals surface area contributed by atoms with Crippen molar-refractivity contribution in [3.8, 4) is 0 Å². The average molecular weight is 412 g/mol. The molecule has 3 rings (SSSR count). The second-order valence-electron chi connectivity index (χ2n) is 8.26. The minimum Gasteiger partial charge on any atom is -0.468 e. The van der Waals surface area contributed by atoms with Crippen LogP contribution in [0, 0.1) is 0 Å². The predicted molar refractivity (Wildman–Crippen MR) is 124 cm³/mol. The second kappa shape index (κ2) is 11.8. The van der Waals surface area contributed by atoms with Crippen molar-refractivity contribution >= 4 is 5.96 Å².